The number of sulfonamides is 1. The molecule has 3 heterocycles. The minimum Gasteiger partial charge on any atom is -0.278 e. The van der Waals surface area contributed by atoms with Gasteiger partial charge in [0.05, 0.1) is 16.0 Å². The van der Waals surface area contributed by atoms with E-state index in [0.29, 0.717) is 17.3 Å². The second kappa shape index (κ2) is 7.85. The Morgan fingerprint density at radius 2 is 2.00 bits per heavy atom. The van der Waals surface area contributed by atoms with Crippen LogP contribution in [0.3, 0.4) is 0 Å². The summed E-state index contributed by atoms with van der Waals surface area (Å²) in [5.74, 6) is 1.48. The predicted octanol–water partition coefficient (Wildman–Crippen LogP) is 4.87. The molecule has 5 rings (SSSR count). The summed E-state index contributed by atoms with van der Waals surface area (Å²) in [6.45, 7) is 2.42. The Hall–Kier alpha value is -2.12. The molecule has 0 saturated heterocycles. The van der Waals surface area contributed by atoms with Crippen LogP contribution in [0.1, 0.15) is 49.7 Å². The van der Waals surface area contributed by atoms with Gasteiger partial charge in [-0.1, -0.05) is 24.3 Å². The molecule has 2 aliphatic heterocycles. The van der Waals surface area contributed by atoms with Crippen molar-refractivity contribution in [2.45, 2.75) is 49.5 Å². The fourth-order valence-corrected chi connectivity index (χ4v) is 7.00. The van der Waals surface area contributed by atoms with Gasteiger partial charge in [-0.15, -0.1) is 11.8 Å². The lowest BCUT2D eigenvalue weighted by Crippen LogP contribution is -2.32. The van der Waals surface area contributed by atoms with E-state index < -0.39 is 10.0 Å². The maximum atomic E-state index is 13.4. The fraction of sp³-hybridized carbons (Fsp3) is 0.391. The summed E-state index contributed by atoms with van der Waals surface area (Å²) in [5, 5.41) is 1.07. The average molecular weight is 440 g/mol. The molecule has 0 amide bonds. The Bertz CT molecular complexity index is 1130. The van der Waals surface area contributed by atoms with E-state index >= 15 is 0 Å². The van der Waals surface area contributed by atoms with Crippen molar-refractivity contribution in [3.05, 3.63) is 59.8 Å². The molecule has 5 nitrogen and oxygen atoms in total. The first-order valence-electron chi connectivity index (χ1n) is 10.5. The van der Waals surface area contributed by atoms with E-state index in [4.69, 9.17) is 9.98 Å². The van der Waals surface area contributed by atoms with Gasteiger partial charge in [0.25, 0.3) is 10.0 Å². The summed E-state index contributed by atoms with van der Waals surface area (Å²) in [6.07, 6.45) is 8.76. The largest absolute Gasteiger partial charge is 0.278 e. The minimum absolute atomic E-state index is 0.0278. The van der Waals surface area contributed by atoms with Crippen molar-refractivity contribution in [3.63, 3.8) is 0 Å². The van der Waals surface area contributed by atoms with Gasteiger partial charge in [0.2, 0.25) is 0 Å². The number of aromatic nitrogens is 1. The maximum absolute atomic E-state index is 13.4. The number of nitrogens with zero attached hydrogens (tertiary/aromatic N) is 3. The summed E-state index contributed by atoms with van der Waals surface area (Å²) in [6, 6.07) is 10.9. The number of hydrogen-bond acceptors (Lipinski definition) is 5. The third kappa shape index (κ3) is 3.48. The molecule has 2 atom stereocenters. The first-order chi connectivity index (χ1) is 14.5. The van der Waals surface area contributed by atoms with Crippen molar-refractivity contribution in [3.8, 4) is 0 Å². The van der Waals surface area contributed by atoms with Crippen LogP contribution in [0.15, 0.2) is 58.6 Å². The molecule has 1 aliphatic carbocycles. The standard InChI is InChI=1S/C23H25N3O2S2/c1-16-25-22(15-29-16)21-14-26(30(27,28)19-10-6-3-7-11-19)23-20(21)12-18(13-24-23)17-8-4-2-5-9-17/h3,6-8,10-13,21-22H,2,4-5,9,14-15H2,1H3. The van der Waals surface area contributed by atoms with Crippen molar-refractivity contribution >= 4 is 38.2 Å². The lowest BCUT2D eigenvalue weighted by atomic mass is 9.90. The van der Waals surface area contributed by atoms with E-state index in [-0.39, 0.29) is 12.0 Å². The van der Waals surface area contributed by atoms with Crippen LogP contribution in [0, 0.1) is 0 Å². The van der Waals surface area contributed by atoms with Crippen LogP contribution in [-0.2, 0) is 10.0 Å². The number of fused-ring (bicyclic) bond motifs is 1. The van der Waals surface area contributed by atoms with Crippen molar-refractivity contribution < 1.29 is 8.42 Å². The molecule has 0 radical (unpaired) electrons. The molecule has 156 valence electrons. The molecule has 0 N–H and O–H groups in total. The maximum Gasteiger partial charge on any atom is 0.265 e. The zero-order chi connectivity index (χ0) is 20.7. The smallest absolute Gasteiger partial charge is 0.265 e. The first kappa shape index (κ1) is 19.8. The van der Waals surface area contributed by atoms with Gasteiger partial charge in [-0.25, -0.2) is 17.7 Å². The highest BCUT2D eigenvalue weighted by molar-refractivity contribution is 8.14. The van der Waals surface area contributed by atoms with E-state index in [1.807, 2.05) is 19.2 Å². The molecule has 1 aromatic heterocycles. The van der Waals surface area contributed by atoms with Crippen LogP contribution in [0.25, 0.3) is 5.57 Å². The van der Waals surface area contributed by atoms with E-state index in [9.17, 15) is 8.42 Å². The van der Waals surface area contributed by atoms with E-state index in [2.05, 4.69) is 12.1 Å². The van der Waals surface area contributed by atoms with Gasteiger partial charge in [-0.3, -0.25) is 4.99 Å². The molecule has 0 bridgehead atoms. The lowest BCUT2D eigenvalue weighted by molar-refractivity contribution is 0.579. The van der Waals surface area contributed by atoms with Crippen molar-refractivity contribution in [1.82, 2.24) is 4.98 Å². The number of aliphatic imine (C=N–C) groups is 1. The number of allylic oxidation sites excluding steroid dienone is 2. The number of rotatable bonds is 4. The first-order valence-corrected chi connectivity index (χ1v) is 12.9. The number of pyridine rings is 1. The molecule has 30 heavy (non-hydrogen) atoms. The van der Waals surface area contributed by atoms with Gasteiger partial charge in [0.15, 0.2) is 0 Å². The highest BCUT2D eigenvalue weighted by Gasteiger charge is 2.42. The summed E-state index contributed by atoms with van der Waals surface area (Å²) >= 11 is 1.75. The molecule has 1 aromatic carbocycles. The van der Waals surface area contributed by atoms with E-state index in [1.165, 1.54) is 22.7 Å². The van der Waals surface area contributed by atoms with Gasteiger partial charge in [-0.2, -0.15) is 0 Å². The van der Waals surface area contributed by atoms with Gasteiger partial charge < -0.3 is 0 Å². The van der Waals surface area contributed by atoms with Crippen LogP contribution in [-0.4, -0.2) is 36.8 Å². The highest BCUT2D eigenvalue weighted by atomic mass is 32.2. The number of benzene rings is 1. The van der Waals surface area contributed by atoms with Crippen molar-refractivity contribution in [2.24, 2.45) is 4.99 Å². The van der Waals surface area contributed by atoms with Crippen LogP contribution >= 0.6 is 11.8 Å². The summed E-state index contributed by atoms with van der Waals surface area (Å²) in [7, 11) is -3.66. The number of hydrogen-bond donors (Lipinski definition) is 0. The lowest BCUT2D eigenvalue weighted by Gasteiger charge is -2.20. The summed E-state index contributed by atoms with van der Waals surface area (Å²) in [4.78, 5) is 9.82. The molecular weight excluding hydrogens is 414 g/mol. The van der Waals surface area contributed by atoms with E-state index in [0.717, 1.165) is 34.8 Å². The van der Waals surface area contributed by atoms with Gasteiger partial charge in [0, 0.05) is 30.0 Å². The monoisotopic (exact) mass is 439 g/mol. The molecule has 0 saturated carbocycles. The Kier molecular flexibility index (Phi) is 5.19. The van der Waals surface area contributed by atoms with Crippen LogP contribution in [0.4, 0.5) is 5.82 Å². The van der Waals surface area contributed by atoms with Crippen molar-refractivity contribution in [1.29, 1.82) is 0 Å². The van der Waals surface area contributed by atoms with Gasteiger partial charge >= 0.3 is 0 Å². The van der Waals surface area contributed by atoms with Crippen LogP contribution < -0.4 is 4.31 Å². The molecule has 3 aliphatic rings. The van der Waals surface area contributed by atoms with Crippen LogP contribution in [0.5, 0.6) is 0 Å². The second-order valence-electron chi connectivity index (χ2n) is 8.09. The number of thioether (sulfide) groups is 1. The summed E-state index contributed by atoms with van der Waals surface area (Å²) in [5.41, 5.74) is 3.48. The Balaban J connectivity index is 1.59. The van der Waals surface area contributed by atoms with Crippen LogP contribution in [0.2, 0.25) is 0 Å². The molecule has 0 fully saturated rings. The zero-order valence-electron chi connectivity index (χ0n) is 17.0. The van der Waals surface area contributed by atoms with E-state index in [1.54, 1.807) is 36.0 Å². The second-order valence-corrected chi connectivity index (χ2v) is 11.2. The minimum atomic E-state index is -3.66. The van der Waals surface area contributed by atoms with Gasteiger partial charge in [0.1, 0.15) is 5.82 Å². The average Bonchev–Trinajstić information content (AvgIpc) is 3.38. The molecule has 2 aromatic rings. The molecule has 2 unspecified atom stereocenters. The molecule has 7 heteroatoms. The molecule has 0 spiro atoms. The Morgan fingerprint density at radius 3 is 2.70 bits per heavy atom. The highest BCUT2D eigenvalue weighted by Crippen LogP contribution is 2.44. The van der Waals surface area contributed by atoms with Gasteiger partial charge in [-0.05, 0) is 61.9 Å². The normalized spacial score (nSPS) is 23.8. The SMILES string of the molecule is CC1=NC(C2CN(S(=O)(=O)c3ccccc3)c3ncc(C4=CCCCC4)cc32)CS1. The quantitative estimate of drug-likeness (QED) is 0.682. The summed E-state index contributed by atoms with van der Waals surface area (Å²) < 4.78 is 28.4. The topological polar surface area (TPSA) is 62.6 Å². The fourth-order valence-electron chi connectivity index (χ4n) is 4.58. The Morgan fingerprint density at radius 1 is 1.17 bits per heavy atom. The van der Waals surface area contributed by atoms with Crippen molar-refractivity contribution in [2.75, 3.05) is 16.6 Å². The number of anilines is 1. The predicted molar refractivity (Wildman–Crippen MR) is 124 cm³/mol. The third-order valence-electron chi connectivity index (χ3n) is 6.16. The Labute approximate surface area is 182 Å². The zero-order valence-corrected chi connectivity index (χ0v) is 18.6. The third-order valence-corrected chi connectivity index (χ3v) is 8.96. The molecular formula is C23H25N3O2S2.